The van der Waals surface area contributed by atoms with E-state index in [0.29, 0.717) is 6.04 Å². The van der Waals surface area contributed by atoms with Crippen LogP contribution in [0.2, 0.25) is 0 Å². The van der Waals surface area contributed by atoms with Crippen LogP contribution in [-0.2, 0) is 0 Å². The van der Waals surface area contributed by atoms with Crippen molar-refractivity contribution in [2.45, 2.75) is 65.3 Å². The van der Waals surface area contributed by atoms with Gasteiger partial charge in [0.05, 0.1) is 0 Å². The standard InChI is InChI=1S/C12H26N2/c1-12(2,3)11(14-13)9-10-7-5-4-6-8-10/h10-11,14H,4-9,13H2,1-3H3. The lowest BCUT2D eigenvalue weighted by atomic mass is 9.77. The Labute approximate surface area is 88.6 Å². The quantitative estimate of drug-likeness (QED) is 0.540. The van der Waals surface area contributed by atoms with Crippen molar-refractivity contribution in [3.05, 3.63) is 0 Å². The second kappa shape index (κ2) is 5.13. The summed E-state index contributed by atoms with van der Waals surface area (Å²) in [5, 5.41) is 0. The monoisotopic (exact) mass is 198 g/mol. The highest BCUT2D eigenvalue weighted by Gasteiger charge is 2.27. The average Bonchev–Trinajstić information content (AvgIpc) is 2.14. The fourth-order valence-corrected chi connectivity index (χ4v) is 2.43. The Kier molecular flexibility index (Phi) is 4.39. The van der Waals surface area contributed by atoms with E-state index in [2.05, 4.69) is 26.2 Å². The predicted molar refractivity (Wildman–Crippen MR) is 61.8 cm³/mol. The van der Waals surface area contributed by atoms with Gasteiger partial charge in [-0.15, -0.1) is 0 Å². The second-order valence-electron chi connectivity index (χ2n) is 5.83. The van der Waals surface area contributed by atoms with E-state index >= 15 is 0 Å². The lowest BCUT2D eigenvalue weighted by molar-refractivity contribution is 0.203. The summed E-state index contributed by atoms with van der Waals surface area (Å²) in [4.78, 5) is 0. The van der Waals surface area contributed by atoms with Gasteiger partial charge in [-0.25, -0.2) is 0 Å². The fraction of sp³-hybridized carbons (Fsp3) is 1.00. The first-order valence-corrected chi connectivity index (χ1v) is 6.00. The topological polar surface area (TPSA) is 38.0 Å². The number of hydrogen-bond donors (Lipinski definition) is 2. The molecule has 1 aliphatic rings. The summed E-state index contributed by atoms with van der Waals surface area (Å²) in [6.45, 7) is 6.79. The number of nitrogens with one attached hydrogen (secondary N) is 1. The van der Waals surface area contributed by atoms with Crippen molar-refractivity contribution in [2.24, 2.45) is 17.2 Å². The Bertz CT molecular complexity index is 154. The van der Waals surface area contributed by atoms with E-state index in [1.807, 2.05) is 0 Å². The Morgan fingerprint density at radius 2 is 1.79 bits per heavy atom. The maximum absolute atomic E-state index is 5.63. The highest BCUT2D eigenvalue weighted by Crippen LogP contribution is 2.31. The van der Waals surface area contributed by atoms with E-state index in [1.54, 1.807) is 0 Å². The molecule has 2 heteroatoms. The van der Waals surface area contributed by atoms with Crippen LogP contribution in [-0.4, -0.2) is 6.04 Å². The van der Waals surface area contributed by atoms with Crippen molar-refractivity contribution in [3.8, 4) is 0 Å². The molecule has 0 saturated heterocycles. The van der Waals surface area contributed by atoms with Crippen LogP contribution in [0.4, 0.5) is 0 Å². The summed E-state index contributed by atoms with van der Waals surface area (Å²) in [5.41, 5.74) is 3.27. The van der Waals surface area contributed by atoms with Crippen LogP contribution in [0.1, 0.15) is 59.3 Å². The van der Waals surface area contributed by atoms with Gasteiger partial charge in [0.25, 0.3) is 0 Å². The normalized spacial score (nSPS) is 22.3. The van der Waals surface area contributed by atoms with Gasteiger partial charge in [-0.3, -0.25) is 11.3 Å². The highest BCUT2D eigenvalue weighted by molar-refractivity contribution is 4.82. The molecule has 0 aromatic rings. The first-order chi connectivity index (χ1) is 6.54. The first-order valence-electron chi connectivity index (χ1n) is 6.00. The minimum absolute atomic E-state index is 0.284. The fourth-order valence-electron chi connectivity index (χ4n) is 2.43. The Hall–Kier alpha value is -0.0800. The van der Waals surface area contributed by atoms with Gasteiger partial charge in [0.15, 0.2) is 0 Å². The number of hydrogen-bond acceptors (Lipinski definition) is 2. The van der Waals surface area contributed by atoms with Crippen LogP contribution < -0.4 is 11.3 Å². The van der Waals surface area contributed by atoms with Gasteiger partial charge < -0.3 is 0 Å². The largest absolute Gasteiger partial charge is 0.271 e. The van der Waals surface area contributed by atoms with E-state index in [9.17, 15) is 0 Å². The number of rotatable bonds is 3. The zero-order chi connectivity index (χ0) is 10.6. The molecule has 0 amide bonds. The van der Waals surface area contributed by atoms with Crippen LogP contribution in [0, 0.1) is 11.3 Å². The highest BCUT2D eigenvalue weighted by atomic mass is 15.2. The van der Waals surface area contributed by atoms with E-state index in [1.165, 1.54) is 38.5 Å². The Morgan fingerprint density at radius 1 is 1.21 bits per heavy atom. The zero-order valence-electron chi connectivity index (χ0n) is 9.97. The maximum Gasteiger partial charge on any atom is 0.0261 e. The molecule has 14 heavy (non-hydrogen) atoms. The molecule has 0 aromatic carbocycles. The average molecular weight is 198 g/mol. The van der Waals surface area contributed by atoms with Crippen LogP contribution in [0.15, 0.2) is 0 Å². The molecule has 0 aromatic heterocycles. The van der Waals surface area contributed by atoms with Crippen molar-refractivity contribution in [1.29, 1.82) is 0 Å². The molecule has 0 aliphatic heterocycles. The lowest BCUT2D eigenvalue weighted by Gasteiger charge is -2.34. The summed E-state index contributed by atoms with van der Waals surface area (Å²) >= 11 is 0. The summed E-state index contributed by atoms with van der Waals surface area (Å²) < 4.78 is 0. The molecule has 1 saturated carbocycles. The summed E-state index contributed by atoms with van der Waals surface area (Å²) in [5.74, 6) is 6.53. The third-order valence-corrected chi connectivity index (χ3v) is 3.54. The molecule has 0 spiro atoms. The minimum atomic E-state index is 0.284. The molecule has 1 unspecified atom stereocenters. The van der Waals surface area contributed by atoms with Crippen molar-refractivity contribution < 1.29 is 0 Å². The summed E-state index contributed by atoms with van der Waals surface area (Å²) in [6, 6.07) is 0.464. The lowest BCUT2D eigenvalue weighted by Crippen LogP contribution is -2.45. The first kappa shape index (κ1) is 12.0. The van der Waals surface area contributed by atoms with Gasteiger partial charge in [0, 0.05) is 6.04 Å². The smallest absolute Gasteiger partial charge is 0.0261 e. The van der Waals surface area contributed by atoms with E-state index in [0.717, 1.165) is 5.92 Å². The number of nitrogens with two attached hydrogens (primary N) is 1. The van der Waals surface area contributed by atoms with Crippen molar-refractivity contribution >= 4 is 0 Å². The van der Waals surface area contributed by atoms with E-state index in [4.69, 9.17) is 5.84 Å². The molecule has 0 radical (unpaired) electrons. The third kappa shape index (κ3) is 3.58. The molecule has 1 fully saturated rings. The third-order valence-electron chi connectivity index (χ3n) is 3.54. The minimum Gasteiger partial charge on any atom is -0.271 e. The van der Waals surface area contributed by atoms with Crippen molar-refractivity contribution in [1.82, 2.24) is 5.43 Å². The molecule has 2 nitrogen and oxygen atoms in total. The molecule has 0 bridgehead atoms. The van der Waals surface area contributed by atoms with Gasteiger partial charge in [0.2, 0.25) is 0 Å². The van der Waals surface area contributed by atoms with Crippen molar-refractivity contribution in [3.63, 3.8) is 0 Å². The molecule has 1 aliphatic carbocycles. The zero-order valence-corrected chi connectivity index (χ0v) is 9.97. The molecule has 84 valence electrons. The molecule has 3 N–H and O–H groups in total. The van der Waals surface area contributed by atoms with Gasteiger partial charge in [-0.1, -0.05) is 52.9 Å². The van der Waals surface area contributed by atoms with E-state index in [-0.39, 0.29) is 5.41 Å². The Morgan fingerprint density at radius 3 is 2.21 bits per heavy atom. The molecule has 1 rings (SSSR count). The van der Waals surface area contributed by atoms with Crippen LogP contribution in [0.5, 0.6) is 0 Å². The molecular weight excluding hydrogens is 172 g/mol. The van der Waals surface area contributed by atoms with Crippen LogP contribution in [0.25, 0.3) is 0 Å². The number of hydrazine groups is 1. The maximum atomic E-state index is 5.63. The second-order valence-corrected chi connectivity index (χ2v) is 5.83. The van der Waals surface area contributed by atoms with Crippen LogP contribution in [0.3, 0.4) is 0 Å². The molecule has 1 atom stereocenters. The van der Waals surface area contributed by atoms with Gasteiger partial charge >= 0.3 is 0 Å². The SMILES string of the molecule is CC(C)(C)C(CC1CCCCC1)NN. The van der Waals surface area contributed by atoms with E-state index < -0.39 is 0 Å². The van der Waals surface area contributed by atoms with Gasteiger partial charge in [0.1, 0.15) is 0 Å². The molecular formula is C12H26N2. The van der Waals surface area contributed by atoms with Gasteiger partial charge in [-0.2, -0.15) is 0 Å². The molecule has 0 heterocycles. The summed E-state index contributed by atoms with van der Waals surface area (Å²) in [7, 11) is 0. The van der Waals surface area contributed by atoms with Crippen molar-refractivity contribution in [2.75, 3.05) is 0 Å². The Balaban J connectivity index is 2.39. The predicted octanol–water partition coefficient (Wildman–Crippen LogP) is 2.83. The van der Waals surface area contributed by atoms with Gasteiger partial charge in [-0.05, 0) is 17.8 Å². The van der Waals surface area contributed by atoms with Crippen LogP contribution >= 0.6 is 0 Å². The summed E-state index contributed by atoms with van der Waals surface area (Å²) in [6.07, 6.45) is 8.35.